The summed E-state index contributed by atoms with van der Waals surface area (Å²) in [5.41, 5.74) is 15.7. The van der Waals surface area contributed by atoms with Crippen LogP contribution in [0.15, 0.2) is 120 Å². The number of benzene rings is 4. The van der Waals surface area contributed by atoms with E-state index in [1.54, 1.807) is 22.5 Å². The molecular formula is C54H62O2SiZr. The second-order valence-electron chi connectivity index (χ2n) is 18.6. The molecule has 0 bridgehead atoms. The summed E-state index contributed by atoms with van der Waals surface area (Å²) in [6.07, 6.45) is 27.7. The molecule has 0 saturated carbocycles. The molecule has 0 amide bonds. The Hall–Kier alpha value is -3.98. The summed E-state index contributed by atoms with van der Waals surface area (Å²) in [7, 11) is -2.08. The Labute approximate surface area is 370 Å². The number of hydrogen-bond acceptors (Lipinski definition) is 2. The van der Waals surface area contributed by atoms with Crippen molar-refractivity contribution in [1.82, 2.24) is 0 Å². The van der Waals surface area contributed by atoms with Crippen molar-refractivity contribution in [1.29, 1.82) is 0 Å². The predicted molar refractivity (Wildman–Crippen MR) is 245 cm³/mol. The minimum atomic E-state index is -2.08. The normalized spacial score (nSPS) is 17.0. The number of hydrogen-bond donors (Lipinski definition) is 2. The van der Waals surface area contributed by atoms with Crippen LogP contribution in [0.1, 0.15) is 123 Å². The molecule has 298 valence electrons. The maximum absolute atomic E-state index is 9.57. The van der Waals surface area contributed by atoms with Gasteiger partial charge in [-0.1, -0.05) is 151 Å². The van der Waals surface area contributed by atoms with Crippen molar-refractivity contribution in [3.05, 3.63) is 188 Å². The average molecular weight is 862 g/mol. The van der Waals surface area contributed by atoms with Gasteiger partial charge in [0.1, 0.15) is 11.5 Å². The second kappa shape index (κ2) is 17.7. The largest absolute Gasteiger partial charge is 2.00 e. The van der Waals surface area contributed by atoms with Crippen LogP contribution in [0.5, 0.6) is 11.5 Å². The van der Waals surface area contributed by atoms with E-state index < -0.39 is 8.07 Å². The van der Waals surface area contributed by atoms with Crippen LogP contribution in [0.3, 0.4) is 0 Å². The first-order chi connectivity index (χ1) is 26.9. The topological polar surface area (TPSA) is 40.5 Å². The SMILES string of the molecule is CCc1ccc2c(c1[Si](C)(C)c1c(CC)ccc3c1[C-]=C1C=CC=CC13)[C-]=C1C=CC=CC12.Cc1ccc(O)c(C(C)(C)C)c1.Cc1ccc(O)c(C(C)(C)C)c1.[Zr+2]. The van der Waals surface area contributed by atoms with E-state index in [1.807, 2.05) is 38.1 Å². The Balaban J connectivity index is 0.000000211. The molecule has 4 aromatic carbocycles. The fraction of sp³-hybridized carbons (Fsp3) is 0.333. The van der Waals surface area contributed by atoms with Gasteiger partial charge >= 0.3 is 26.2 Å². The molecular weight excluding hydrogens is 800 g/mol. The van der Waals surface area contributed by atoms with E-state index in [0.717, 1.165) is 24.0 Å². The first kappa shape index (κ1) is 45.1. The molecule has 0 radical (unpaired) electrons. The fourth-order valence-electron chi connectivity index (χ4n) is 8.91. The number of fused-ring (bicyclic) bond motifs is 6. The van der Waals surface area contributed by atoms with Gasteiger partial charge in [-0.15, -0.1) is 92.4 Å². The summed E-state index contributed by atoms with van der Waals surface area (Å²) < 4.78 is 0. The first-order valence-corrected chi connectivity index (χ1v) is 23.8. The quantitative estimate of drug-likeness (QED) is 0.159. The van der Waals surface area contributed by atoms with Gasteiger partial charge in [0.2, 0.25) is 0 Å². The van der Waals surface area contributed by atoms with Crippen molar-refractivity contribution < 1.29 is 36.4 Å². The molecule has 4 aromatic rings. The van der Waals surface area contributed by atoms with Crippen molar-refractivity contribution in [2.75, 3.05) is 0 Å². The zero-order chi connectivity index (χ0) is 41.4. The molecule has 0 spiro atoms. The molecule has 2 N–H and O–H groups in total. The molecule has 0 fully saturated rings. The van der Waals surface area contributed by atoms with Gasteiger partial charge in [0, 0.05) is 8.07 Å². The molecule has 2 atom stereocenters. The average Bonchev–Trinajstić information content (AvgIpc) is 3.73. The first-order valence-electron chi connectivity index (χ1n) is 20.8. The number of phenols is 2. The molecule has 4 heteroatoms. The molecule has 0 aromatic heterocycles. The molecule has 2 unspecified atom stereocenters. The molecule has 0 saturated heterocycles. The second-order valence-corrected chi connectivity index (χ2v) is 22.9. The Bertz CT molecular complexity index is 2200. The minimum absolute atomic E-state index is 0. The molecule has 8 rings (SSSR count). The van der Waals surface area contributed by atoms with Crippen molar-refractivity contribution >= 4 is 18.4 Å². The van der Waals surface area contributed by atoms with E-state index in [0.29, 0.717) is 23.3 Å². The third-order valence-corrected chi connectivity index (χ3v) is 15.5. The van der Waals surface area contributed by atoms with E-state index in [4.69, 9.17) is 0 Å². The Morgan fingerprint density at radius 1 is 0.569 bits per heavy atom. The molecule has 2 nitrogen and oxygen atoms in total. The summed E-state index contributed by atoms with van der Waals surface area (Å²) in [6, 6.07) is 21.0. The van der Waals surface area contributed by atoms with E-state index in [9.17, 15) is 10.2 Å². The molecule has 4 aliphatic rings. The maximum Gasteiger partial charge on any atom is 2.00 e. The Kier molecular flexibility index (Phi) is 13.8. The van der Waals surface area contributed by atoms with Crippen LogP contribution in [-0.4, -0.2) is 18.3 Å². The van der Waals surface area contributed by atoms with Crippen LogP contribution in [-0.2, 0) is 49.9 Å². The number of rotatable bonds is 4. The van der Waals surface area contributed by atoms with Crippen LogP contribution in [0.25, 0.3) is 0 Å². The van der Waals surface area contributed by atoms with Gasteiger partial charge in [-0.25, -0.2) is 0 Å². The monoisotopic (exact) mass is 860 g/mol. The number of aryl methyl sites for hydroxylation is 4. The van der Waals surface area contributed by atoms with Gasteiger partial charge in [-0.2, -0.15) is 0 Å². The third-order valence-electron chi connectivity index (χ3n) is 11.8. The van der Waals surface area contributed by atoms with Crippen molar-refractivity contribution in [2.45, 2.75) is 118 Å². The van der Waals surface area contributed by atoms with Gasteiger partial charge in [-0.3, -0.25) is 0 Å². The number of allylic oxidation sites excluding steroid dienone is 10. The van der Waals surface area contributed by atoms with E-state index >= 15 is 0 Å². The van der Waals surface area contributed by atoms with E-state index in [2.05, 4.69) is 154 Å². The molecule has 0 heterocycles. The summed E-state index contributed by atoms with van der Waals surface area (Å²) in [4.78, 5) is 0. The summed E-state index contributed by atoms with van der Waals surface area (Å²) in [5, 5.41) is 22.3. The standard InChI is InChI=1S/C32H30Si.2C11H16O.Zr/c1-5-21-15-17-27-25-13-9-7-11-23(25)19-29(27)31(21)33(3,4)32-22(6-2)16-18-28-26-14-10-8-12-24(26)20-30(28)32;2*1-8-5-6-10(12)9(7-8)11(2,3)4;/h7-18,25-26H,5-6H2,1-4H3;2*5-7,12H,1-4H3;/q-2;;;+2. The van der Waals surface area contributed by atoms with Gasteiger partial charge in [0.05, 0.1) is 0 Å². The van der Waals surface area contributed by atoms with Gasteiger partial charge in [0.25, 0.3) is 0 Å². The van der Waals surface area contributed by atoms with Crippen molar-refractivity contribution in [3.8, 4) is 11.5 Å². The fourth-order valence-corrected chi connectivity index (χ4v) is 12.9. The smallest absolute Gasteiger partial charge is 0.508 e. The van der Waals surface area contributed by atoms with E-state index in [-0.39, 0.29) is 37.0 Å². The zero-order valence-electron chi connectivity index (χ0n) is 36.9. The van der Waals surface area contributed by atoms with Crippen molar-refractivity contribution in [2.24, 2.45) is 0 Å². The van der Waals surface area contributed by atoms with Crippen LogP contribution in [0, 0.1) is 26.0 Å². The van der Waals surface area contributed by atoms with Crippen LogP contribution >= 0.6 is 0 Å². The summed E-state index contributed by atoms with van der Waals surface area (Å²) >= 11 is 0. The van der Waals surface area contributed by atoms with E-state index in [1.165, 1.54) is 55.7 Å². The summed E-state index contributed by atoms with van der Waals surface area (Å²) in [6.45, 7) is 26.4. The van der Waals surface area contributed by atoms with Crippen LogP contribution < -0.4 is 10.4 Å². The zero-order valence-corrected chi connectivity index (χ0v) is 40.3. The third kappa shape index (κ3) is 9.09. The Morgan fingerprint density at radius 2 is 0.948 bits per heavy atom. The van der Waals surface area contributed by atoms with Crippen LogP contribution in [0.2, 0.25) is 13.1 Å². The minimum Gasteiger partial charge on any atom is -0.508 e. The Morgan fingerprint density at radius 3 is 1.28 bits per heavy atom. The number of aromatic hydroxyl groups is 2. The maximum atomic E-state index is 9.57. The number of phenolic OH excluding ortho intramolecular Hbond substituents is 2. The molecule has 4 aliphatic carbocycles. The van der Waals surface area contributed by atoms with Crippen molar-refractivity contribution in [3.63, 3.8) is 0 Å². The summed E-state index contributed by atoms with van der Waals surface area (Å²) in [5.74, 6) is 1.51. The molecule has 0 aliphatic heterocycles. The van der Waals surface area contributed by atoms with Gasteiger partial charge in [-0.05, 0) is 72.6 Å². The van der Waals surface area contributed by atoms with Crippen LogP contribution in [0.4, 0.5) is 0 Å². The van der Waals surface area contributed by atoms with Gasteiger partial charge < -0.3 is 10.2 Å². The predicted octanol–water partition coefficient (Wildman–Crippen LogP) is 12.2. The van der Waals surface area contributed by atoms with Gasteiger partial charge in [0.15, 0.2) is 0 Å². The molecule has 58 heavy (non-hydrogen) atoms.